The highest BCUT2D eigenvalue weighted by atomic mass is 15.3. The van der Waals surface area contributed by atoms with E-state index in [1.807, 2.05) is 0 Å². The van der Waals surface area contributed by atoms with Crippen molar-refractivity contribution in [3.05, 3.63) is 101 Å². The van der Waals surface area contributed by atoms with Crippen LogP contribution in [0.4, 0.5) is 0 Å². The molecule has 0 spiro atoms. The Kier molecular flexibility index (Phi) is 6.98. The molecule has 1 heterocycles. The molecule has 0 radical (unpaired) electrons. The number of aryl methyl sites for hydroxylation is 2. The summed E-state index contributed by atoms with van der Waals surface area (Å²) in [5.41, 5.74) is 7.19. The number of rotatable bonds is 8. The van der Waals surface area contributed by atoms with Crippen LogP contribution >= 0.6 is 0 Å². The van der Waals surface area contributed by atoms with Gasteiger partial charge in [-0.05, 0) is 43.0 Å². The van der Waals surface area contributed by atoms with Gasteiger partial charge in [-0.1, -0.05) is 120 Å². The third-order valence-electron chi connectivity index (χ3n) is 7.38. The van der Waals surface area contributed by atoms with E-state index in [1.54, 1.807) is 0 Å². The third-order valence-corrected chi connectivity index (χ3v) is 7.38. The molecule has 0 fully saturated rings. The van der Waals surface area contributed by atoms with Gasteiger partial charge in [0.15, 0.2) is 5.82 Å². The van der Waals surface area contributed by atoms with Crippen molar-refractivity contribution in [3.8, 4) is 17.1 Å². The quantitative estimate of drug-likeness (QED) is 0.262. The fourth-order valence-corrected chi connectivity index (χ4v) is 4.98. The standard InChI is InChI=1S/C32H39N3/c1-8-9-21-31(4,5)30-34-33-29(35(30)28-20-15-23(2)22-24(28)3)25-16-18-27(19-17-25)32(6,7)26-13-11-10-12-14-26/h10-20,22H,8-9,21H2,1-7H3. The van der Waals surface area contributed by atoms with E-state index in [0.717, 1.165) is 29.3 Å². The van der Waals surface area contributed by atoms with E-state index < -0.39 is 0 Å². The summed E-state index contributed by atoms with van der Waals surface area (Å²) >= 11 is 0. The molecule has 0 aliphatic carbocycles. The lowest BCUT2D eigenvalue weighted by molar-refractivity contribution is 0.425. The van der Waals surface area contributed by atoms with Gasteiger partial charge in [0.05, 0.1) is 5.69 Å². The van der Waals surface area contributed by atoms with E-state index in [2.05, 4.69) is 126 Å². The molecule has 1 aromatic heterocycles. The first kappa shape index (κ1) is 24.9. The van der Waals surface area contributed by atoms with Crippen LogP contribution in [0.1, 0.15) is 82.0 Å². The molecule has 4 rings (SSSR count). The SMILES string of the molecule is CCCCC(C)(C)c1nnc(-c2ccc(C(C)(C)c3ccccc3)cc2)n1-c1ccc(C)cc1C. The van der Waals surface area contributed by atoms with Gasteiger partial charge in [-0.15, -0.1) is 10.2 Å². The van der Waals surface area contributed by atoms with Crippen LogP contribution in [0, 0.1) is 13.8 Å². The lowest BCUT2D eigenvalue weighted by atomic mass is 9.78. The summed E-state index contributed by atoms with van der Waals surface area (Å²) in [5, 5.41) is 9.55. The summed E-state index contributed by atoms with van der Waals surface area (Å²) < 4.78 is 2.29. The lowest BCUT2D eigenvalue weighted by Gasteiger charge is -2.27. The predicted molar refractivity (Wildman–Crippen MR) is 147 cm³/mol. The minimum absolute atomic E-state index is 0.0751. The summed E-state index contributed by atoms with van der Waals surface area (Å²) in [7, 11) is 0. The first-order chi connectivity index (χ1) is 16.6. The molecule has 182 valence electrons. The van der Waals surface area contributed by atoms with Gasteiger partial charge in [0.1, 0.15) is 5.82 Å². The number of aromatic nitrogens is 3. The van der Waals surface area contributed by atoms with Crippen LogP contribution in [0.2, 0.25) is 0 Å². The van der Waals surface area contributed by atoms with Crippen molar-refractivity contribution in [2.75, 3.05) is 0 Å². The van der Waals surface area contributed by atoms with Crippen molar-refractivity contribution in [1.82, 2.24) is 14.8 Å². The van der Waals surface area contributed by atoms with Crippen LogP contribution in [0.25, 0.3) is 17.1 Å². The van der Waals surface area contributed by atoms with Gasteiger partial charge in [0.25, 0.3) is 0 Å². The highest BCUT2D eigenvalue weighted by molar-refractivity contribution is 5.61. The van der Waals surface area contributed by atoms with Crippen LogP contribution in [-0.4, -0.2) is 14.8 Å². The second-order valence-electron chi connectivity index (χ2n) is 11.0. The Balaban J connectivity index is 1.81. The number of unbranched alkanes of at least 4 members (excludes halogenated alkanes) is 1. The number of nitrogens with zero attached hydrogens (tertiary/aromatic N) is 3. The molecular formula is C32H39N3. The molecule has 0 aliphatic rings. The first-order valence-corrected chi connectivity index (χ1v) is 12.8. The first-order valence-electron chi connectivity index (χ1n) is 12.8. The zero-order valence-electron chi connectivity index (χ0n) is 22.4. The molecule has 0 bridgehead atoms. The number of hydrogen-bond acceptors (Lipinski definition) is 2. The Labute approximate surface area is 211 Å². The summed E-state index contributed by atoms with van der Waals surface area (Å²) in [4.78, 5) is 0. The maximum absolute atomic E-state index is 4.79. The van der Waals surface area contributed by atoms with Crippen LogP contribution in [-0.2, 0) is 10.8 Å². The summed E-state index contributed by atoms with van der Waals surface area (Å²) in [5.74, 6) is 1.93. The summed E-state index contributed by atoms with van der Waals surface area (Å²) in [6.07, 6.45) is 3.43. The maximum Gasteiger partial charge on any atom is 0.168 e. The highest BCUT2D eigenvalue weighted by Gasteiger charge is 2.30. The van der Waals surface area contributed by atoms with Gasteiger partial charge in [0.2, 0.25) is 0 Å². The van der Waals surface area contributed by atoms with Gasteiger partial charge >= 0.3 is 0 Å². The number of hydrogen-bond donors (Lipinski definition) is 0. The topological polar surface area (TPSA) is 30.7 Å². The predicted octanol–water partition coefficient (Wildman–Crippen LogP) is 8.34. The molecule has 0 saturated heterocycles. The minimum Gasteiger partial charge on any atom is -0.278 e. The smallest absolute Gasteiger partial charge is 0.168 e. The zero-order chi connectivity index (χ0) is 25.2. The maximum atomic E-state index is 4.79. The molecule has 35 heavy (non-hydrogen) atoms. The van der Waals surface area contributed by atoms with Crippen molar-refractivity contribution in [2.45, 2.75) is 78.6 Å². The van der Waals surface area contributed by atoms with Gasteiger partial charge in [-0.25, -0.2) is 0 Å². The average Bonchev–Trinajstić information content (AvgIpc) is 3.29. The van der Waals surface area contributed by atoms with Crippen molar-refractivity contribution in [2.24, 2.45) is 0 Å². The fraction of sp³-hybridized carbons (Fsp3) is 0.375. The lowest BCUT2D eigenvalue weighted by Crippen LogP contribution is -2.23. The summed E-state index contributed by atoms with van der Waals surface area (Å²) in [6.45, 7) is 15.7. The van der Waals surface area contributed by atoms with E-state index in [0.29, 0.717) is 0 Å². The van der Waals surface area contributed by atoms with Crippen molar-refractivity contribution in [3.63, 3.8) is 0 Å². The van der Waals surface area contributed by atoms with Crippen LogP contribution < -0.4 is 0 Å². The minimum atomic E-state index is -0.0756. The molecule has 3 heteroatoms. The molecule has 3 nitrogen and oxygen atoms in total. The third kappa shape index (κ3) is 4.96. The largest absolute Gasteiger partial charge is 0.278 e. The van der Waals surface area contributed by atoms with Crippen LogP contribution in [0.3, 0.4) is 0 Å². The Morgan fingerprint density at radius 2 is 1.43 bits per heavy atom. The average molecular weight is 466 g/mol. The van der Waals surface area contributed by atoms with E-state index >= 15 is 0 Å². The Bertz CT molecular complexity index is 1280. The number of benzene rings is 3. The summed E-state index contributed by atoms with van der Waals surface area (Å²) in [6, 6.07) is 26.2. The highest BCUT2D eigenvalue weighted by Crippen LogP contribution is 2.36. The van der Waals surface area contributed by atoms with Gasteiger partial charge in [0, 0.05) is 16.4 Å². The molecule has 0 aliphatic heterocycles. The van der Waals surface area contributed by atoms with Gasteiger partial charge in [-0.2, -0.15) is 0 Å². The Hall–Kier alpha value is -3.20. The Morgan fingerprint density at radius 1 is 0.771 bits per heavy atom. The molecule has 4 aromatic rings. The van der Waals surface area contributed by atoms with Crippen molar-refractivity contribution < 1.29 is 0 Å². The van der Waals surface area contributed by atoms with E-state index in [-0.39, 0.29) is 10.8 Å². The van der Waals surface area contributed by atoms with Crippen LogP contribution in [0.5, 0.6) is 0 Å². The van der Waals surface area contributed by atoms with Gasteiger partial charge in [-0.3, -0.25) is 4.57 Å². The molecular weight excluding hydrogens is 426 g/mol. The van der Waals surface area contributed by atoms with E-state index in [1.165, 1.54) is 35.1 Å². The second-order valence-corrected chi connectivity index (χ2v) is 11.0. The fourth-order valence-electron chi connectivity index (χ4n) is 4.98. The molecule has 0 saturated carbocycles. The second kappa shape index (κ2) is 9.81. The molecule has 0 atom stereocenters. The normalized spacial score (nSPS) is 12.2. The van der Waals surface area contributed by atoms with Crippen molar-refractivity contribution in [1.29, 1.82) is 0 Å². The molecule has 3 aromatic carbocycles. The molecule has 0 amide bonds. The van der Waals surface area contributed by atoms with Crippen LogP contribution in [0.15, 0.2) is 72.8 Å². The molecule has 0 N–H and O–H groups in total. The molecule has 0 unspecified atom stereocenters. The zero-order valence-corrected chi connectivity index (χ0v) is 22.4. The Morgan fingerprint density at radius 3 is 2.06 bits per heavy atom. The monoisotopic (exact) mass is 465 g/mol. The van der Waals surface area contributed by atoms with Gasteiger partial charge < -0.3 is 0 Å². The van der Waals surface area contributed by atoms with E-state index in [9.17, 15) is 0 Å². The van der Waals surface area contributed by atoms with E-state index in [4.69, 9.17) is 10.2 Å². The van der Waals surface area contributed by atoms with Crippen molar-refractivity contribution >= 4 is 0 Å².